The van der Waals surface area contributed by atoms with Gasteiger partial charge in [-0.05, 0) is 74.6 Å². The SMILES string of the molecule is CC(Cc1ccsc1)N1CCCN2CCCCC2C1. The van der Waals surface area contributed by atoms with E-state index in [1.54, 1.807) is 0 Å². The first-order chi connectivity index (χ1) is 9.33. The molecule has 0 saturated carbocycles. The van der Waals surface area contributed by atoms with Gasteiger partial charge in [-0.2, -0.15) is 11.3 Å². The van der Waals surface area contributed by atoms with E-state index in [0.29, 0.717) is 6.04 Å². The summed E-state index contributed by atoms with van der Waals surface area (Å²) in [5, 5.41) is 4.51. The summed E-state index contributed by atoms with van der Waals surface area (Å²) < 4.78 is 0. The molecule has 0 amide bonds. The van der Waals surface area contributed by atoms with Crippen LogP contribution in [0.25, 0.3) is 0 Å². The fraction of sp³-hybridized carbons (Fsp3) is 0.750. The predicted octanol–water partition coefficient (Wildman–Crippen LogP) is 3.24. The summed E-state index contributed by atoms with van der Waals surface area (Å²) in [5.41, 5.74) is 1.52. The van der Waals surface area contributed by atoms with Crippen molar-refractivity contribution in [3.8, 4) is 0 Å². The molecule has 0 bridgehead atoms. The van der Waals surface area contributed by atoms with E-state index in [2.05, 4.69) is 33.6 Å². The van der Waals surface area contributed by atoms with Gasteiger partial charge >= 0.3 is 0 Å². The van der Waals surface area contributed by atoms with Crippen LogP contribution in [0.4, 0.5) is 0 Å². The Hall–Kier alpha value is -0.380. The van der Waals surface area contributed by atoms with Gasteiger partial charge in [0, 0.05) is 18.6 Å². The smallest absolute Gasteiger partial charge is 0.0223 e. The maximum atomic E-state index is 2.75. The third-order valence-corrected chi connectivity index (χ3v) is 5.55. The zero-order valence-corrected chi connectivity index (χ0v) is 12.9. The summed E-state index contributed by atoms with van der Waals surface area (Å²) in [6.45, 7) is 7.67. The van der Waals surface area contributed by atoms with Crippen molar-refractivity contribution in [3.05, 3.63) is 22.4 Å². The van der Waals surface area contributed by atoms with Gasteiger partial charge in [0.05, 0.1) is 0 Å². The first kappa shape index (κ1) is 13.6. The monoisotopic (exact) mass is 278 g/mol. The van der Waals surface area contributed by atoms with Crippen molar-refractivity contribution in [2.75, 3.05) is 26.2 Å². The molecule has 0 aromatic carbocycles. The molecule has 0 N–H and O–H groups in total. The molecule has 2 fully saturated rings. The van der Waals surface area contributed by atoms with Crippen LogP contribution in [0.3, 0.4) is 0 Å². The molecule has 2 unspecified atom stereocenters. The molecule has 1 aromatic heterocycles. The Morgan fingerprint density at radius 3 is 3.00 bits per heavy atom. The van der Waals surface area contributed by atoms with Crippen LogP contribution in [-0.2, 0) is 6.42 Å². The first-order valence-electron chi connectivity index (χ1n) is 7.82. The van der Waals surface area contributed by atoms with Crippen LogP contribution < -0.4 is 0 Å². The Morgan fingerprint density at radius 1 is 1.26 bits per heavy atom. The molecule has 2 aliphatic rings. The average molecular weight is 278 g/mol. The van der Waals surface area contributed by atoms with Gasteiger partial charge in [-0.15, -0.1) is 0 Å². The Bertz CT molecular complexity index is 376. The molecule has 0 radical (unpaired) electrons. The van der Waals surface area contributed by atoms with Crippen LogP contribution in [0.5, 0.6) is 0 Å². The molecule has 3 heteroatoms. The van der Waals surface area contributed by atoms with Crippen molar-refractivity contribution in [2.45, 2.75) is 51.1 Å². The molecule has 1 aromatic rings. The number of rotatable bonds is 3. The van der Waals surface area contributed by atoms with E-state index in [1.165, 1.54) is 63.8 Å². The minimum Gasteiger partial charge on any atom is -0.299 e. The highest BCUT2D eigenvalue weighted by atomic mass is 32.1. The van der Waals surface area contributed by atoms with Crippen molar-refractivity contribution in [1.82, 2.24) is 9.80 Å². The molecular formula is C16H26N2S. The number of nitrogens with zero attached hydrogens (tertiary/aromatic N) is 2. The molecule has 0 spiro atoms. The third kappa shape index (κ3) is 3.39. The van der Waals surface area contributed by atoms with Gasteiger partial charge < -0.3 is 0 Å². The molecule has 3 heterocycles. The normalized spacial score (nSPS) is 27.7. The lowest BCUT2D eigenvalue weighted by atomic mass is 10.0. The van der Waals surface area contributed by atoms with Gasteiger partial charge in [-0.25, -0.2) is 0 Å². The van der Waals surface area contributed by atoms with Gasteiger partial charge in [0.15, 0.2) is 0 Å². The lowest BCUT2D eigenvalue weighted by molar-refractivity contribution is 0.123. The maximum absolute atomic E-state index is 2.75. The molecule has 2 nitrogen and oxygen atoms in total. The molecule has 3 rings (SSSR count). The molecule has 106 valence electrons. The van der Waals surface area contributed by atoms with Crippen molar-refractivity contribution in [2.24, 2.45) is 0 Å². The van der Waals surface area contributed by atoms with Gasteiger partial charge in [-0.3, -0.25) is 9.80 Å². The average Bonchev–Trinajstić information content (AvgIpc) is 2.82. The van der Waals surface area contributed by atoms with Crippen molar-refractivity contribution in [3.63, 3.8) is 0 Å². The minimum atomic E-state index is 0.691. The van der Waals surface area contributed by atoms with E-state index in [4.69, 9.17) is 0 Å². The summed E-state index contributed by atoms with van der Waals surface area (Å²) in [5.74, 6) is 0. The fourth-order valence-corrected chi connectivity index (χ4v) is 4.36. The van der Waals surface area contributed by atoms with Crippen LogP contribution in [0.1, 0.15) is 38.2 Å². The Balaban J connectivity index is 1.60. The maximum Gasteiger partial charge on any atom is 0.0223 e. The first-order valence-corrected chi connectivity index (χ1v) is 8.76. The summed E-state index contributed by atoms with van der Waals surface area (Å²) in [7, 11) is 0. The summed E-state index contributed by atoms with van der Waals surface area (Å²) in [6.07, 6.45) is 6.84. The van der Waals surface area contributed by atoms with E-state index < -0.39 is 0 Å². The van der Waals surface area contributed by atoms with Crippen molar-refractivity contribution >= 4 is 11.3 Å². The van der Waals surface area contributed by atoms with E-state index in [0.717, 1.165) is 6.04 Å². The van der Waals surface area contributed by atoms with Crippen LogP contribution in [0.15, 0.2) is 16.8 Å². The van der Waals surface area contributed by atoms with Gasteiger partial charge in [0.25, 0.3) is 0 Å². The van der Waals surface area contributed by atoms with Crippen LogP contribution >= 0.6 is 11.3 Å². The lowest BCUT2D eigenvalue weighted by Crippen LogP contribution is -2.46. The zero-order valence-electron chi connectivity index (χ0n) is 12.1. The third-order valence-electron chi connectivity index (χ3n) is 4.82. The number of fused-ring (bicyclic) bond motifs is 1. The molecule has 0 aliphatic carbocycles. The van der Waals surface area contributed by atoms with Crippen LogP contribution in [0.2, 0.25) is 0 Å². The Morgan fingerprint density at radius 2 is 2.16 bits per heavy atom. The second-order valence-corrected chi connectivity index (χ2v) is 7.00. The molecule has 2 aliphatic heterocycles. The van der Waals surface area contributed by atoms with E-state index >= 15 is 0 Å². The van der Waals surface area contributed by atoms with Gasteiger partial charge in [0.2, 0.25) is 0 Å². The lowest BCUT2D eigenvalue weighted by Gasteiger charge is -2.37. The minimum absolute atomic E-state index is 0.691. The second-order valence-electron chi connectivity index (χ2n) is 6.22. The quantitative estimate of drug-likeness (QED) is 0.837. The van der Waals surface area contributed by atoms with Crippen LogP contribution in [0, 0.1) is 0 Å². The highest BCUT2D eigenvalue weighted by molar-refractivity contribution is 7.07. The zero-order chi connectivity index (χ0) is 13.1. The molecule has 2 saturated heterocycles. The Kier molecular flexibility index (Phi) is 4.57. The number of piperidine rings is 1. The fourth-order valence-electron chi connectivity index (χ4n) is 3.68. The number of hydrogen-bond donors (Lipinski definition) is 0. The van der Waals surface area contributed by atoms with Gasteiger partial charge in [0.1, 0.15) is 0 Å². The molecular weight excluding hydrogens is 252 g/mol. The van der Waals surface area contributed by atoms with E-state index in [9.17, 15) is 0 Å². The Labute approximate surface area is 121 Å². The van der Waals surface area contributed by atoms with E-state index in [1.807, 2.05) is 11.3 Å². The summed E-state index contributed by atoms with van der Waals surface area (Å²) in [4.78, 5) is 5.49. The topological polar surface area (TPSA) is 6.48 Å². The standard InChI is InChI=1S/C16H26N2S/c1-14(11-15-6-10-19-13-15)18-9-4-8-17-7-3-2-5-16(17)12-18/h6,10,13-14,16H,2-5,7-9,11-12H2,1H3. The summed E-state index contributed by atoms with van der Waals surface area (Å²) >= 11 is 1.82. The predicted molar refractivity (Wildman–Crippen MR) is 82.9 cm³/mol. The number of thiophene rings is 1. The van der Waals surface area contributed by atoms with Crippen molar-refractivity contribution in [1.29, 1.82) is 0 Å². The molecule has 19 heavy (non-hydrogen) atoms. The largest absolute Gasteiger partial charge is 0.299 e. The second kappa shape index (κ2) is 6.38. The van der Waals surface area contributed by atoms with E-state index in [-0.39, 0.29) is 0 Å². The van der Waals surface area contributed by atoms with Crippen LogP contribution in [-0.4, -0.2) is 48.1 Å². The molecule has 2 atom stereocenters. The highest BCUT2D eigenvalue weighted by Crippen LogP contribution is 2.23. The highest BCUT2D eigenvalue weighted by Gasteiger charge is 2.28. The number of hydrogen-bond acceptors (Lipinski definition) is 3. The van der Waals surface area contributed by atoms with Gasteiger partial charge in [-0.1, -0.05) is 6.42 Å². The van der Waals surface area contributed by atoms with Crippen molar-refractivity contribution < 1.29 is 0 Å². The summed E-state index contributed by atoms with van der Waals surface area (Å²) in [6, 6.07) is 3.81.